The number of aryl methyl sites for hydroxylation is 2. The number of phenolic OH excluding ortho intramolecular Hbond substituents is 1. The molecule has 3 aromatic rings. The second-order valence-electron chi connectivity index (χ2n) is 4.73. The smallest absolute Gasteiger partial charge is 0.300 e. The molecule has 0 bridgehead atoms. The van der Waals surface area contributed by atoms with Gasteiger partial charge in [0, 0.05) is 11.3 Å². The number of carbonyl (C=O) groups excluding carboxylic acids is 1. The second-order valence-corrected chi connectivity index (χ2v) is 4.73. The molecule has 2 heterocycles. The van der Waals surface area contributed by atoms with Crippen LogP contribution in [-0.4, -0.2) is 25.8 Å². The van der Waals surface area contributed by atoms with E-state index in [1.54, 1.807) is 19.1 Å². The molecule has 0 fully saturated rings. The summed E-state index contributed by atoms with van der Waals surface area (Å²) in [5.41, 5.74) is 2.37. The molecule has 1 aromatic carbocycles. The zero-order valence-electron chi connectivity index (χ0n) is 11.6. The summed E-state index contributed by atoms with van der Waals surface area (Å²) in [6.07, 6.45) is 1.31. The van der Waals surface area contributed by atoms with Gasteiger partial charge in [-0.3, -0.25) is 4.79 Å². The van der Waals surface area contributed by atoms with Crippen molar-refractivity contribution in [2.45, 2.75) is 13.8 Å². The molecule has 6 heteroatoms. The number of nitrogens with zero attached hydrogens (tertiary/aromatic N) is 3. The number of hydrogen-bond acceptors (Lipinski definition) is 5. The highest BCUT2D eigenvalue weighted by atomic mass is 16.3. The molecule has 6 nitrogen and oxygen atoms in total. The van der Waals surface area contributed by atoms with Crippen LogP contribution in [0.2, 0.25) is 0 Å². The van der Waals surface area contributed by atoms with E-state index in [0.717, 1.165) is 11.4 Å². The van der Waals surface area contributed by atoms with E-state index >= 15 is 0 Å². The van der Waals surface area contributed by atoms with Crippen LogP contribution in [0.3, 0.4) is 0 Å². The Morgan fingerprint density at radius 2 is 1.95 bits per heavy atom. The van der Waals surface area contributed by atoms with Gasteiger partial charge in [-0.05, 0) is 44.2 Å². The lowest BCUT2D eigenvalue weighted by atomic mass is 10.2. The van der Waals surface area contributed by atoms with Gasteiger partial charge < -0.3 is 9.52 Å². The van der Waals surface area contributed by atoms with Crippen LogP contribution < -0.4 is 0 Å². The fourth-order valence-electron chi connectivity index (χ4n) is 2.05. The third kappa shape index (κ3) is 2.43. The Bertz CT molecular complexity index is 800. The summed E-state index contributed by atoms with van der Waals surface area (Å²) >= 11 is 0. The maximum absolute atomic E-state index is 12.3. The van der Waals surface area contributed by atoms with E-state index in [0.29, 0.717) is 11.5 Å². The Labute approximate surface area is 120 Å². The van der Waals surface area contributed by atoms with Gasteiger partial charge in [0.05, 0.1) is 5.69 Å². The van der Waals surface area contributed by atoms with E-state index < -0.39 is 0 Å². The first kappa shape index (κ1) is 13.1. The number of rotatable bonds is 2. The van der Waals surface area contributed by atoms with Gasteiger partial charge in [-0.1, -0.05) is 0 Å². The molecular formula is C15H13N3O3. The maximum atomic E-state index is 12.3. The minimum Gasteiger partial charge on any atom is -0.508 e. The van der Waals surface area contributed by atoms with Crippen molar-refractivity contribution < 1.29 is 14.3 Å². The minimum absolute atomic E-state index is 0.157. The number of hydrogen-bond donors (Lipinski definition) is 1. The van der Waals surface area contributed by atoms with Crippen molar-refractivity contribution in [1.29, 1.82) is 0 Å². The molecule has 21 heavy (non-hydrogen) atoms. The van der Waals surface area contributed by atoms with Gasteiger partial charge in [0.2, 0.25) is 5.89 Å². The molecule has 1 N–H and O–H groups in total. The normalized spacial score (nSPS) is 10.8. The minimum atomic E-state index is -0.339. The molecule has 0 aliphatic heterocycles. The Kier molecular flexibility index (Phi) is 3.06. The van der Waals surface area contributed by atoms with Gasteiger partial charge in [-0.2, -0.15) is 9.78 Å². The fraction of sp³-hybridized carbons (Fsp3) is 0.133. The highest BCUT2D eigenvalue weighted by Crippen LogP contribution is 2.21. The predicted octanol–water partition coefficient (Wildman–Crippen LogP) is 2.55. The zero-order chi connectivity index (χ0) is 15.0. The monoisotopic (exact) mass is 283 g/mol. The highest BCUT2D eigenvalue weighted by molar-refractivity contribution is 5.94. The van der Waals surface area contributed by atoms with Gasteiger partial charge in [0.1, 0.15) is 12.0 Å². The molecular weight excluding hydrogens is 270 g/mol. The van der Waals surface area contributed by atoms with Crippen molar-refractivity contribution in [1.82, 2.24) is 14.8 Å². The molecule has 106 valence electrons. The molecule has 0 radical (unpaired) electrons. The van der Waals surface area contributed by atoms with E-state index in [4.69, 9.17) is 4.42 Å². The van der Waals surface area contributed by atoms with Crippen molar-refractivity contribution in [2.24, 2.45) is 0 Å². The van der Waals surface area contributed by atoms with Gasteiger partial charge >= 0.3 is 0 Å². The zero-order valence-corrected chi connectivity index (χ0v) is 11.6. The van der Waals surface area contributed by atoms with Crippen LogP contribution >= 0.6 is 0 Å². The Morgan fingerprint density at radius 1 is 1.24 bits per heavy atom. The molecule has 0 atom stereocenters. The van der Waals surface area contributed by atoms with Crippen LogP contribution in [0.5, 0.6) is 5.75 Å². The first-order valence-corrected chi connectivity index (χ1v) is 6.37. The van der Waals surface area contributed by atoms with E-state index in [2.05, 4.69) is 10.1 Å². The van der Waals surface area contributed by atoms with Gasteiger partial charge in [-0.15, -0.1) is 0 Å². The lowest BCUT2D eigenvalue weighted by molar-refractivity contribution is 0.0937. The molecule has 2 aromatic heterocycles. The number of benzene rings is 1. The fourth-order valence-corrected chi connectivity index (χ4v) is 2.05. The Balaban J connectivity index is 1.93. The third-order valence-electron chi connectivity index (χ3n) is 3.04. The summed E-state index contributed by atoms with van der Waals surface area (Å²) in [5, 5.41) is 13.4. The van der Waals surface area contributed by atoms with Crippen LogP contribution in [0.4, 0.5) is 0 Å². The average molecular weight is 283 g/mol. The number of aromatic hydroxyl groups is 1. The van der Waals surface area contributed by atoms with Crippen molar-refractivity contribution in [3.8, 4) is 17.2 Å². The van der Waals surface area contributed by atoms with Crippen molar-refractivity contribution in [2.75, 3.05) is 0 Å². The van der Waals surface area contributed by atoms with Crippen LogP contribution in [0.15, 0.2) is 41.0 Å². The average Bonchev–Trinajstić information content (AvgIpc) is 3.06. The van der Waals surface area contributed by atoms with E-state index in [9.17, 15) is 9.90 Å². The lowest BCUT2D eigenvalue weighted by Gasteiger charge is -1.98. The van der Waals surface area contributed by atoms with Crippen LogP contribution in [-0.2, 0) is 0 Å². The molecule has 0 aliphatic rings. The number of phenols is 1. The number of oxazole rings is 1. The molecule has 0 unspecified atom stereocenters. The van der Waals surface area contributed by atoms with E-state index in [1.807, 2.05) is 13.0 Å². The third-order valence-corrected chi connectivity index (χ3v) is 3.04. The van der Waals surface area contributed by atoms with Gasteiger partial charge in [-0.25, -0.2) is 4.98 Å². The summed E-state index contributed by atoms with van der Waals surface area (Å²) in [5.74, 6) is 0.138. The number of carbonyl (C=O) groups is 1. The van der Waals surface area contributed by atoms with Gasteiger partial charge in [0.25, 0.3) is 5.91 Å². The topological polar surface area (TPSA) is 81.2 Å². The van der Waals surface area contributed by atoms with Crippen molar-refractivity contribution >= 4 is 5.91 Å². The first-order chi connectivity index (χ1) is 10.0. The van der Waals surface area contributed by atoms with Crippen molar-refractivity contribution in [3.63, 3.8) is 0 Å². The van der Waals surface area contributed by atoms with Gasteiger partial charge in [0.15, 0.2) is 5.69 Å². The quantitative estimate of drug-likeness (QED) is 0.781. The van der Waals surface area contributed by atoms with E-state index in [1.165, 1.54) is 23.1 Å². The molecule has 3 rings (SSSR count). The summed E-state index contributed by atoms with van der Waals surface area (Å²) in [6.45, 7) is 3.63. The predicted molar refractivity (Wildman–Crippen MR) is 75.0 cm³/mol. The van der Waals surface area contributed by atoms with Crippen LogP contribution in [0.1, 0.15) is 21.9 Å². The maximum Gasteiger partial charge on any atom is 0.300 e. The first-order valence-electron chi connectivity index (χ1n) is 6.37. The second kappa shape index (κ2) is 4.90. The van der Waals surface area contributed by atoms with Crippen LogP contribution in [0, 0.1) is 13.8 Å². The molecule has 0 aliphatic carbocycles. The largest absolute Gasteiger partial charge is 0.508 e. The standard InChI is InChI=1S/C15H13N3O3/c1-9-7-10(2)18(17-9)15(20)13-8-21-14(16-13)11-3-5-12(19)6-4-11/h3-8,19H,1-2H3. The molecule has 0 amide bonds. The summed E-state index contributed by atoms with van der Waals surface area (Å²) in [7, 11) is 0. The summed E-state index contributed by atoms with van der Waals surface area (Å²) in [6, 6.07) is 8.21. The lowest BCUT2D eigenvalue weighted by Crippen LogP contribution is -2.15. The number of aromatic nitrogens is 3. The summed E-state index contributed by atoms with van der Waals surface area (Å²) < 4.78 is 6.62. The highest BCUT2D eigenvalue weighted by Gasteiger charge is 2.17. The Morgan fingerprint density at radius 3 is 2.57 bits per heavy atom. The molecule has 0 spiro atoms. The summed E-state index contributed by atoms with van der Waals surface area (Å²) in [4.78, 5) is 16.5. The Hall–Kier alpha value is -2.89. The van der Waals surface area contributed by atoms with E-state index in [-0.39, 0.29) is 17.4 Å². The molecule has 0 saturated heterocycles. The van der Waals surface area contributed by atoms with Crippen LogP contribution in [0.25, 0.3) is 11.5 Å². The molecule has 0 saturated carbocycles. The SMILES string of the molecule is Cc1cc(C)n(C(=O)c2coc(-c3ccc(O)cc3)n2)n1. The van der Waals surface area contributed by atoms with Crippen molar-refractivity contribution in [3.05, 3.63) is 53.7 Å².